The van der Waals surface area contributed by atoms with E-state index in [-0.39, 0.29) is 12.1 Å². The predicted molar refractivity (Wildman–Crippen MR) is 79.2 cm³/mol. The van der Waals surface area contributed by atoms with Crippen LogP contribution in [0.5, 0.6) is 0 Å². The first-order valence-corrected chi connectivity index (χ1v) is 6.91. The van der Waals surface area contributed by atoms with Crippen LogP contribution in [0, 0.1) is 0 Å². The van der Waals surface area contributed by atoms with E-state index in [1.54, 1.807) is 7.11 Å². The lowest BCUT2D eigenvalue weighted by Gasteiger charge is -2.26. The SMILES string of the molecule is CCNC(c1ccc2ncccc2c1)C(CC)OC. The smallest absolute Gasteiger partial charge is 0.0763 e. The van der Waals surface area contributed by atoms with Gasteiger partial charge in [-0.15, -0.1) is 0 Å². The van der Waals surface area contributed by atoms with Crippen molar-refractivity contribution in [3.05, 3.63) is 42.1 Å². The summed E-state index contributed by atoms with van der Waals surface area (Å²) in [6, 6.07) is 10.7. The Bertz CT molecular complexity index is 523. The highest BCUT2D eigenvalue weighted by molar-refractivity contribution is 5.79. The van der Waals surface area contributed by atoms with Gasteiger partial charge in [-0.2, -0.15) is 0 Å². The third kappa shape index (κ3) is 3.11. The van der Waals surface area contributed by atoms with Crippen molar-refractivity contribution in [3.8, 4) is 0 Å². The van der Waals surface area contributed by atoms with Gasteiger partial charge < -0.3 is 10.1 Å². The molecule has 2 aromatic rings. The van der Waals surface area contributed by atoms with Crippen LogP contribution in [0.4, 0.5) is 0 Å². The molecule has 19 heavy (non-hydrogen) atoms. The monoisotopic (exact) mass is 258 g/mol. The van der Waals surface area contributed by atoms with Gasteiger partial charge in [0.05, 0.1) is 17.7 Å². The first-order valence-electron chi connectivity index (χ1n) is 6.91. The number of nitrogens with zero attached hydrogens (tertiary/aromatic N) is 1. The van der Waals surface area contributed by atoms with Gasteiger partial charge in [-0.3, -0.25) is 4.98 Å². The molecule has 0 saturated heterocycles. The number of fused-ring (bicyclic) bond motifs is 1. The molecule has 3 nitrogen and oxygen atoms in total. The minimum Gasteiger partial charge on any atom is -0.379 e. The number of hydrogen-bond acceptors (Lipinski definition) is 3. The largest absolute Gasteiger partial charge is 0.379 e. The highest BCUT2D eigenvalue weighted by atomic mass is 16.5. The maximum atomic E-state index is 5.60. The van der Waals surface area contributed by atoms with E-state index >= 15 is 0 Å². The zero-order valence-corrected chi connectivity index (χ0v) is 11.9. The number of hydrogen-bond donors (Lipinski definition) is 1. The molecule has 0 saturated carbocycles. The molecule has 0 spiro atoms. The zero-order valence-electron chi connectivity index (χ0n) is 11.9. The Morgan fingerprint density at radius 2 is 2.11 bits per heavy atom. The second kappa shape index (κ2) is 6.64. The number of nitrogens with one attached hydrogen (secondary N) is 1. The van der Waals surface area contributed by atoms with E-state index < -0.39 is 0 Å². The molecule has 1 N–H and O–H groups in total. The molecule has 0 aliphatic carbocycles. The Morgan fingerprint density at radius 3 is 2.79 bits per heavy atom. The van der Waals surface area contributed by atoms with Gasteiger partial charge in [-0.05, 0) is 36.7 Å². The average Bonchev–Trinajstić information content (AvgIpc) is 2.47. The van der Waals surface area contributed by atoms with Crippen molar-refractivity contribution in [1.29, 1.82) is 0 Å². The summed E-state index contributed by atoms with van der Waals surface area (Å²) >= 11 is 0. The lowest BCUT2D eigenvalue weighted by molar-refractivity contribution is 0.0656. The molecule has 0 amide bonds. The van der Waals surface area contributed by atoms with E-state index in [0.717, 1.165) is 18.5 Å². The van der Waals surface area contributed by atoms with E-state index in [0.29, 0.717) is 0 Å². The second-order valence-corrected chi connectivity index (χ2v) is 4.67. The molecule has 1 aromatic heterocycles. The van der Waals surface area contributed by atoms with Crippen molar-refractivity contribution in [1.82, 2.24) is 10.3 Å². The Labute approximate surface area is 115 Å². The fourth-order valence-corrected chi connectivity index (χ4v) is 2.51. The first kappa shape index (κ1) is 14.0. The summed E-state index contributed by atoms with van der Waals surface area (Å²) in [6.07, 6.45) is 3.00. The zero-order chi connectivity index (χ0) is 13.7. The summed E-state index contributed by atoms with van der Waals surface area (Å²) in [5.41, 5.74) is 2.29. The van der Waals surface area contributed by atoms with Crippen LogP contribution in [0.15, 0.2) is 36.5 Å². The van der Waals surface area contributed by atoms with Crippen molar-refractivity contribution in [2.45, 2.75) is 32.4 Å². The van der Waals surface area contributed by atoms with Crippen molar-refractivity contribution < 1.29 is 4.74 Å². The van der Waals surface area contributed by atoms with Crippen LogP contribution in [0.3, 0.4) is 0 Å². The lowest BCUT2D eigenvalue weighted by atomic mass is 9.98. The van der Waals surface area contributed by atoms with Gasteiger partial charge in [-0.25, -0.2) is 0 Å². The van der Waals surface area contributed by atoms with Gasteiger partial charge in [0, 0.05) is 18.7 Å². The molecule has 3 heteroatoms. The molecule has 2 unspecified atom stereocenters. The van der Waals surface area contributed by atoms with E-state index in [9.17, 15) is 0 Å². The summed E-state index contributed by atoms with van der Waals surface area (Å²) in [7, 11) is 1.78. The fourth-order valence-electron chi connectivity index (χ4n) is 2.51. The lowest BCUT2D eigenvalue weighted by Crippen LogP contribution is -2.32. The summed E-state index contributed by atoms with van der Waals surface area (Å²) < 4.78 is 5.60. The molecule has 0 aliphatic rings. The molecular formula is C16H22N2O. The van der Waals surface area contributed by atoms with E-state index in [2.05, 4.69) is 48.4 Å². The quantitative estimate of drug-likeness (QED) is 0.863. The maximum absolute atomic E-state index is 5.60. The van der Waals surface area contributed by atoms with Gasteiger partial charge in [0.2, 0.25) is 0 Å². The second-order valence-electron chi connectivity index (χ2n) is 4.67. The van der Waals surface area contributed by atoms with Crippen LogP contribution >= 0.6 is 0 Å². The summed E-state index contributed by atoms with van der Waals surface area (Å²) in [5.74, 6) is 0. The minimum atomic E-state index is 0.189. The van der Waals surface area contributed by atoms with Crippen LogP contribution < -0.4 is 5.32 Å². The number of methoxy groups -OCH3 is 1. The van der Waals surface area contributed by atoms with Gasteiger partial charge in [-0.1, -0.05) is 26.0 Å². The number of likely N-dealkylation sites (N-methyl/N-ethyl adjacent to an activating group) is 1. The number of pyridine rings is 1. The standard InChI is InChI=1S/C16H22N2O/c1-4-15(19-3)16(17-5-2)13-8-9-14-12(11-13)7-6-10-18-14/h6-11,15-17H,4-5H2,1-3H3. The highest BCUT2D eigenvalue weighted by Gasteiger charge is 2.20. The van der Waals surface area contributed by atoms with Crippen molar-refractivity contribution in [2.75, 3.05) is 13.7 Å². The average molecular weight is 258 g/mol. The van der Waals surface area contributed by atoms with Crippen LogP contribution in [-0.2, 0) is 4.74 Å². The third-order valence-electron chi connectivity index (χ3n) is 3.49. The fraction of sp³-hybridized carbons (Fsp3) is 0.438. The highest BCUT2D eigenvalue weighted by Crippen LogP contribution is 2.24. The molecule has 2 atom stereocenters. The minimum absolute atomic E-state index is 0.189. The molecule has 102 valence electrons. The summed E-state index contributed by atoms with van der Waals surface area (Å²) in [6.45, 7) is 5.20. The summed E-state index contributed by atoms with van der Waals surface area (Å²) in [5, 5.41) is 4.69. The Kier molecular flexibility index (Phi) is 4.88. The molecule has 1 heterocycles. The number of rotatable bonds is 6. The Balaban J connectivity index is 2.37. The van der Waals surface area contributed by atoms with Gasteiger partial charge in [0.25, 0.3) is 0 Å². The van der Waals surface area contributed by atoms with Crippen molar-refractivity contribution >= 4 is 10.9 Å². The molecular weight excluding hydrogens is 236 g/mol. The number of aromatic nitrogens is 1. The van der Waals surface area contributed by atoms with Crippen LogP contribution in [-0.4, -0.2) is 24.7 Å². The van der Waals surface area contributed by atoms with Gasteiger partial charge >= 0.3 is 0 Å². The third-order valence-corrected chi connectivity index (χ3v) is 3.49. The van der Waals surface area contributed by atoms with E-state index in [1.165, 1.54) is 10.9 Å². The normalized spacial score (nSPS) is 14.5. The van der Waals surface area contributed by atoms with Crippen LogP contribution in [0.25, 0.3) is 10.9 Å². The van der Waals surface area contributed by atoms with Crippen molar-refractivity contribution in [2.24, 2.45) is 0 Å². The molecule has 0 fully saturated rings. The maximum Gasteiger partial charge on any atom is 0.0763 e. The van der Waals surface area contributed by atoms with Gasteiger partial charge in [0.1, 0.15) is 0 Å². The molecule has 1 aromatic carbocycles. The van der Waals surface area contributed by atoms with E-state index in [1.807, 2.05) is 12.3 Å². The van der Waals surface area contributed by atoms with E-state index in [4.69, 9.17) is 4.74 Å². The van der Waals surface area contributed by atoms with Crippen LogP contribution in [0.2, 0.25) is 0 Å². The predicted octanol–water partition coefficient (Wildman–Crippen LogP) is 3.31. The first-order chi connectivity index (χ1) is 9.30. The number of ether oxygens (including phenoxy) is 1. The van der Waals surface area contributed by atoms with Crippen molar-refractivity contribution in [3.63, 3.8) is 0 Å². The Morgan fingerprint density at radius 1 is 1.26 bits per heavy atom. The number of benzene rings is 1. The molecule has 2 rings (SSSR count). The molecule has 0 aliphatic heterocycles. The topological polar surface area (TPSA) is 34.2 Å². The van der Waals surface area contributed by atoms with Gasteiger partial charge in [0.15, 0.2) is 0 Å². The van der Waals surface area contributed by atoms with Crippen LogP contribution in [0.1, 0.15) is 31.9 Å². The molecule has 0 radical (unpaired) electrons. The Hall–Kier alpha value is -1.45. The molecule has 0 bridgehead atoms. The summed E-state index contributed by atoms with van der Waals surface area (Å²) in [4.78, 5) is 4.36.